The Morgan fingerprint density at radius 2 is 1.78 bits per heavy atom. The van der Waals surface area contributed by atoms with E-state index in [0.717, 1.165) is 48.4 Å². The van der Waals surface area contributed by atoms with Crippen LogP contribution in [-0.4, -0.2) is 51.0 Å². The Labute approximate surface area is 228 Å². The van der Waals surface area contributed by atoms with Crippen LogP contribution >= 0.6 is 11.6 Å². The number of nitrogens with zero attached hydrogens (tertiary/aromatic N) is 3. The monoisotopic (exact) mass is 528 g/mol. The number of carbonyl (C=O) groups excluding carboxylic acids is 2. The molecule has 3 amide bonds. The van der Waals surface area contributed by atoms with E-state index in [-0.39, 0.29) is 30.1 Å². The van der Waals surface area contributed by atoms with Crippen LogP contribution in [0.25, 0.3) is 0 Å². The third kappa shape index (κ3) is 9.10. The molecule has 7 heteroatoms. The van der Waals surface area contributed by atoms with Crippen molar-refractivity contribution in [2.24, 2.45) is 5.92 Å². The van der Waals surface area contributed by atoms with Gasteiger partial charge in [0, 0.05) is 41.6 Å². The second kappa shape index (κ2) is 13.4. The number of amides is 3. The van der Waals surface area contributed by atoms with Crippen molar-refractivity contribution >= 4 is 23.5 Å². The van der Waals surface area contributed by atoms with Crippen molar-refractivity contribution in [3.8, 4) is 0 Å². The predicted octanol–water partition coefficient (Wildman–Crippen LogP) is 6.71. The minimum absolute atomic E-state index is 0.0187. The zero-order valence-corrected chi connectivity index (χ0v) is 24.1. The maximum atomic E-state index is 13.9. The summed E-state index contributed by atoms with van der Waals surface area (Å²) in [7, 11) is 0. The third-order valence-corrected chi connectivity index (χ3v) is 7.33. The summed E-state index contributed by atoms with van der Waals surface area (Å²) in [5.41, 5.74) is 1.77. The lowest BCUT2D eigenvalue weighted by Crippen LogP contribution is -2.53. The molecule has 6 nitrogen and oxygen atoms in total. The molecule has 0 bridgehead atoms. The van der Waals surface area contributed by atoms with Crippen LogP contribution in [0.3, 0.4) is 0 Å². The van der Waals surface area contributed by atoms with Crippen LogP contribution in [0.2, 0.25) is 5.02 Å². The Hall–Kier alpha value is -2.47. The Morgan fingerprint density at radius 1 is 1.08 bits per heavy atom. The van der Waals surface area contributed by atoms with Crippen molar-refractivity contribution in [1.29, 1.82) is 0 Å². The van der Waals surface area contributed by atoms with Crippen LogP contribution in [0.15, 0.2) is 42.6 Å². The topological polar surface area (TPSA) is 57.6 Å². The molecule has 1 saturated carbocycles. The van der Waals surface area contributed by atoms with E-state index < -0.39 is 0 Å². The lowest BCUT2D eigenvalue weighted by Gasteiger charge is -2.37. The first-order valence-corrected chi connectivity index (χ1v) is 14.2. The molecule has 0 atom stereocenters. The normalized spacial score (nSPS) is 14.6. The molecular formula is C30H45ClN4O2. The number of aromatic nitrogens is 1. The summed E-state index contributed by atoms with van der Waals surface area (Å²) in [6.07, 6.45) is 8.42. The minimum Gasteiger partial charge on any atom is -0.345 e. The number of rotatable bonds is 10. The van der Waals surface area contributed by atoms with Gasteiger partial charge in [0.05, 0.1) is 6.54 Å². The molecule has 37 heavy (non-hydrogen) atoms. The fourth-order valence-electron chi connectivity index (χ4n) is 4.87. The van der Waals surface area contributed by atoms with Crippen molar-refractivity contribution in [1.82, 2.24) is 19.7 Å². The van der Waals surface area contributed by atoms with Gasteiger partial charge in [0.1, 0.15) is 6.54 Å². The zero-order valence-electron chi connectivity index (χ0n) is 23.3. The van der Waals surface area contributed by atoms with E-state index in [4.69, 9.17) is 11.6 Å². The van der Waals surface area contributed by atoms with Gasteiger partial charge in [-0.3, -0.25) is 4.79 Å². The van der Waals surface area contributed by atoms with Crippen molar-refractivity contribution in [2.75, 3.05) is 13.1 Å². The first-order chi connectivity index (χ1) is 17.5. The van der Waals surface area contributed by atoms with Gasteiger partial charge in [-0.05, 0) is 69.7 Å². The SMILES string of the molecule is CC(C)CCN(CC(=O)N(Cc1cccn1Cc1ccccc1Cl)C1CCCCC1)C(=O)NC(C)(C)C. The van der Waals surface area contributed by atoms with Gasteiger partial charge in [0.15, 0.2) is 0 Å². The molecule has 1 aliphatic carbocycles. The molecule has 0 spiro atoms. The van der Waals surface area contributed by atoms with Crippen LogP contribution in [0, 0.1) is 5.92 Å². The number of urea groups is 1. The van der Waals surface area contributed by atoms with Gasteiger partial charge in [-0.25, -0.2) is 4.79 Å². The molecule has 0 radical (unpaired) electrons. The van der Waals surface area contributed by atoms with E-state index >= 15 is 0 Å². The second-order valence-corrected chi connectivity index (χ2v) is 12.2. The van der Waals surface area contributed by atoms with E-state index in [2.05, 4.69) is 29.8 Å². The third-order valence-electron chi connectivity index (χ3n) is 6.96. The number of benzene rings is 1. The molecule has 1 heterocycles. The Bertz CT molecular complexity index is 1020. The quantitative estimate of drug-likeness (QED) is 0.372. The molecule has 204 valence electrons. The summed E-state index contributed by atoms with van der Waals surface area (Å²) < 4.78 is 2.17. The Balaban J connectivity index is 1.81. The Morgan fingerprint density at radius 3 is 2.43 bits per heavy atom. The molecule has 0 unspecified atom stereocenters. The van der Waals surface area contributed by atoms with Crippen molar-refractivity contribution in [3.05, 3.63) is 58.9 Å². The highest BCUT2D eigenvalue weighted by atomic mass is 35.5. The van der Waals surface area contributed by atoms with E-state index in [0.29, 0.717) is 25.6 Å². The van der Waals surface area contributed by atoms with E-state index in [1.165, 1.54) is 6.42 Å². The fourth-order valence-corrected chi connectivity index (χ4v) is 5.06. The molecular weight excluding hydrogens is 484 g/mol. The molecule has 0 saturated heterocycles. The van der Waals surface area contributed by atoms with Gasteiger partial charge in [-0.2, -0.15) is 0 Å². The summed E-state index contributed by atoms with van der Waals surface area (Å²) >= 11 is 6.43. The maximum Gasteiger partial charge on any atom is 0.318 e. The number of nitrogens with one attached hydrogen (secondary N) is 1. The zero-order chi connectivity index (χ0) is 27.0. The van der Waals surface area contributed by atoms with Crippen LogP contribution < -0.4 is 5.32 Å². The van der Waals surface area contributed by atoms with Gasteiger partial charge in [-0.1, -0.05) is 62.9 Å². The van der Waals surface area contributed by atoms with Gasteiger partial charge >= 0.3 is 6.03 Å². The molecule has 1 fully saturated rings. The standard InChI is InChI=1S/C30H45ClN4O2/c1-23(2)17-19-34(29(37)32-30(3,4)5)22-28(36)35(25-13-7-6-8-14-25)21-26-15-11-18-33(26)20-24-12-9-10-16-27(24)31/h9-12,15-16,18,23,25H,6-8,13-14,17,19-22H2,1-5H3,(H,32,37). The molecule has 1 aliphatic rings. The molecule has 0 aliphatic heterocycles. The van der Waals surface area contributed by atoms with Crippen LogP contribution in [-0.2, 0) is 17.9 Å². The number of hydrogen-bond donors (Lipinski definition) is 1. The highest BCUT2D eigenvalue weighted by molar-refractivity contribution is 6.31. The van der Waals surface area contributed by atoms with Gasteiger partial charge in [-0.15, -0.1) is 0 Å². The van der Waals surface area contributed by atoms with E-state index in [1.54, 1.807) is 4.90 Å². The molecule has 3 rings (SSSR count). The lowest BCUT2D eigenvalue weighted by atomic mass is 9.94. The summed E-state index contributed by atoms with van der Waals surface area (Å²) in [4.78, 5) is 30.8. The van der Waals surface area contributed by atoms with Crippen LogP contribution in [0.5, 0.6) is 0 Å². The number of halogens is 1. The van der Waals surface area contributed by atoms with Gasteiger partial charge in [0.25, 0.3) is 0 Å². The average Bonchev–Trinajstić information content (AvgIpc) is 3.27. The van der Waals surface area contributed by atoms with Crippen molar-refractivity contribution in [3.63, 3.8) is 0 Å². The summed E-state index contributed by atoms with van der Waals surface area (Å²) in [6.45, 7) is 12.0. The molecule has 1 aromatic carbocycles. The average molecular weight is 529 g/mol. The predicted molar refractivity (Wildman–Crippen MR) is 152 cm³/mol. The second-order valence-electron chi connectivity index (χ2n) is 11.8. The highest BCUT2D eigenvalue weighted by Gasteiger charge is 2.29. The fraction of sp³-hybridized carbons (Fsp3) is 0.600. The van der Waals surface area contributed by atoms with Crippen molar-refractivity contribution in [2.45, 2.75) is 97.8 Å². The largest absolute Gasteiger partial charge is 0.345 e. The number of carbonyl (C=O) groups is 2. The summed E-state index contributed by atoms with van der Waals surface area (Å²) in [5, 5.41) is 3.80. The van der Waals surface area contributed by atoms with Gasteiger partial charge < -0.3 is 19.7 Å². The summed E-state index contributed by atoms with van der Waals surface area (Å²) in [5.74, 6) is 0.466. The Kier molecular flexibility index (Phi) is 10.5. The molecule has 1 aromatic heterocycles. The van der Waals surface area contributed by atoms with Gasteiger partial charge in [0.2, 0.25) is 5.91 Å². The van der Waals surface area contributed by atoms with Crippen molar-refractivity contribution < 1.29 is 9.59 Å². The van der Waals surface area contributed by atoms with Crippen LogP contribution in [0.1, 0.15) is 84.4 Å². The highest BCUT2D eigenvalue weighted by Crippen LogP contribution is 2.25. The molecule has 2 aromatic rings. The van der Waals surface area contributed by atoms with Crippen LogP contribution in [0.4, 0.5) is 4.79 Å². The van der Waals surface area contributed by atoms with E-state index in [1.807, 2.05) is 62.2 Å². The smallest absolute Gasteiger partial charge is 0.318 e. The summed E-state index contributed by atoms with van der Waals surface area (Å²) in [6, 6.07) is 12.0. The first kappa shape index (κ1) is 29.1. The van der Waals surface area contributed by atoms with E-state index in [9.17, 15) is 9.59 Å². The minimum atomic E-state index is -0.362. The first-order valence-electron chi connectivity index (χ1n) is 13.8. The lowest BCUT2D eigenvalue weighted by molar-refractivity contribution is -0.135. The molecule has 1 N–H and O–H groups in total. The number of hydrogen-bond acceptors (Lipinski definition) is 2. The maximum absolute atomic E-state index is 13.9.